The quantitative estimate of drug-likeness (QED) is 0.789. The highest BCUT2D eigenvalue weighted by Crippen LogP contribution is 2.27. The van der Waals surface area contributed by atoms with Gasteiger partial charge in [-0.3, -0.25) is 0 Å². The third-order valence-corrected chi connectivity index (χ3v) is 3.61. The van der Waals surface area contributed by atoms with Crippen LogP contribution in [-0.2, 0) is 19.3 Å². The maximum Gasteiger partial charge on any atom is 0.130 e. The van der Waals surface area contributed by atoms with Crippen molar-refractivity contribution >= 4 is 11.6 Å². The molecular weight excluding hydrogens is 244 g/mol. The minimum absolute atomic E-state index is 0.563. The van der Waals surface area contributed by atoms with E-state index in [1.807, 2.05) is 12.3 Å². The zero-order valence-corrected chi connectivity index (χ0v) is 11.0. The molecule has 1 aromatic carbocycles. The van der Waals surface area contributed by atoms with Crippen molar-refractivity contribution in [2.45, 2.75) is 25.7 Å². The van der Waals surface area contributed by atoms with Gasteiger partial charge < -0.3 is 0 Å². The van der Waals surface area contributed by atoms with Crippen molar-refractivity contribution in [3.8, 4) is 11.3 Å². The van der Waals surface area contributed by atoms with Crippen LogP contribution in [0.2, 0.25) is 0 Å². The molecule has 1 aliphatic rings. The number of fused-ring (bicyclic) bond motifs is 1. The molecule has 0 bridgehead atoms. The Hall–Kier alpha value is -1.41. The molecule has 3 heteroatoms. The molecule has 0 aliphatic heterocycles. The number of benzene rings is 1. The Labute approximate surface area is 112 Å². The summed E-state index contributed by atoms with van der Waals surface area (Å²) >= 11 is 5.73. The Kier molecular flexibility index (Phi) is 3.28. The van der Waals surface area contributed by atoms with Crippen LogP contribution in [0.15, 0.2) is 30.5 Å². The van der Waals surface area contributed by atoms with Crippen LogP contribution in [0.25, 0.3) is 11.3 Å². The third kappa shape index (κ3) is 2.25. The molecule has 1 aliphatic carbocycles. The first-order chi connectivity index (χ1) is 8.86. The first-order valence-corrected chi connectivity index (χ1v) is 6.90. The smallest absolute Gasteiger partial charge is 0.130 e. The molecule has 0 radical (unpaired) electrons. The Morgan fingerprint density at radius 2 is 2.00 bits per heavy atom. The molecule has 0 saturated carbocycles. The van der Waals surface area contributed by atoms with E-state index in [9.17, 15) is 0 Å². The predicted molar refractivity (Wildman–Crippen MR) is 73.9 cm³/mol. The molecule has 2 nitrogen and oxygen atoms in total. The van der Waals surface area contributed by atoms with Gasteiger partial charge in [-0.1, -0.05) is 12.1 Å². The molecule has 0 saturated heterocycles. The van der Waals surface area contributed by atoms with Crippen LogP contribution in [0.5, 0.6) is 0 Å². The highest BCUT2D eigenvalue weighted by molar-refractivity contribution is 6.17. The van der Waals surface area contributed by atoms with Crippen LogP contribution in [0.1, 0.15) is 23.4 Å². The van der Waals surface area contributed by atoms with Crippen molar-refractivity contribution in [1.82, 2.24) is 9.97 Å². The van der Waals surface area contributed by atoms with Gasteiger partial charge in [-0.15, -0.1) is 11.6 Å². The van der Waals surface area contributed by atoms with E-state index in [0.29, 0.717) is 5.88 Å². The Balaban J connectivity index is 1.96. The number of hydrogen-bond acceptors (Lipinski definition) is 2. The van der Waals surface area contributed by atoms with Crippen molar-refractivity contribution in [3.05, 3.63) is 47.4 Å². The van der Waals surface area contributed by atoms with Crippen LogP contribution in [0.4, 0.5) is 0 Å². The summed E-state index contributed by atoms with van der Waals surface area (Å²) < 4.78 is 0. The summed E-state index contributed by atoms with van der Waals surface area (Å²) in [5, 5.41) is 0. The summed E-state index contributed by atoms with van der Waals surface area (Å²) in [6.45, 7) is 0. The van der Waals surface area contributed by atoms with E-state index in [1.165, 1.54) is 36.0 Å². The van der Waals surface area contributed by atoms with Crippen molar-refractivity contribution in [1.29, 1.82) is 0 Å². The van der Waals surface area contributed by atoms with Gasteiger partial charge in [-0.05, 0) is 42.5 Å². The van der Waals surface area contributed by atoms with Gasteiger partial charge in [0, 0.05) is 24.1 Å². The molecule has 0 spiro atoms. The summed E-state index contributed by atoms with van der Waals surface area (Å²) in [5.41, 5.74) is 5.16. The molecule has 1 heterocycles. The van der Waals surface area contributed by atoms with E-state index >= 15 is 0 Å². The number of nitrogens with zero attached hydrogens (tertiary/aromatic N) is 2. The first-order valence-electron chi connectivity index (χ1n) is 6.37. The Morgan fingerprint density at radius 1 is 1.11 bits per heavy atom. The zero-order valence-electron chi connectivity index (χ0n) is 10.2. The largest absolute Gasteiger partial charge is 0.241 e. The lowest BCUT2D eigenvalue weighted by Gasteiger charge is -2.05. The summed E-state index contributed by atoms with van der Waals surface area (Å²) in [6.07, 6.45) is 6.23. The van der Waals surface area contributed by atoms with Crippen LogP contribution >= 0.6 is 11.6 Å². The zero-order chi connectivity index (χ0) is 12.4. The van der Waals surface area contributed by atoms with Crippen molar-refractivity contribution in [2.75, 3.05) is 5.88 Å². The van der Waals surface area contributed by atoms with E-state index in [4.69, 9.17) is 11.6 Å². The summed E-state index contributed by atoms with van der Waals surface area (Å²) in [4.78, 5) is 8.79. The lowest BCUT2D eigenvalue weighted by Crippen LogP contribution is -1.97. The number of alkyl halides is 1. The van der Waals surface area contributed by atoms with E-state index in [2.05, 4.69) is 28.2 Å². The van der Waals surface area contributed by atoms with Crippen LogP contribution in [-0.4, -0.2) is 15.8 Å². The standard InChI is InChI=1S/C15H15ClN2/c16-8-6-15-17-9-7-14(18-15)13-5-4-11-2-1-3-12(11)10-13/h4-5,7,9-10H,1-3,6,8H2. The second kappa shape index (κ2) is 5.07. The summed E-state index contributed by atoms with van der Waals surface area (Å²) in [5.74, 6) is 1.39. The average Bonchev–Trinajstić information content (AvgIpc) is 2.86. The predicted octanol–water partition coefficient (Wildman–Crippen LogP) is 3.41. The molecular formula is C15H15ClN2. The molecule has 1 aromatic heterocycles. The molecule has 0 unspecified atom stereocenters. The fraction of sp³-hybridized carbons (Fsp3) is 0.333. The van der Waals surface area contributed by atoms with Crippen molar-refractivity contribution < 1.29 is 0 Å². The maximum atomic E-state index is 5.73. The van der Waals surface area contributed by atoms with E-state index < -0.39 is 0 Å². The number of rotatable bonds is 3. The second-order valence-electron chi connectivity index (χ2n) is 4.63. The number of halogens is 1. The van der Waals surface area contributed by atoms with Gasteiger partial charge in [0.15, 0.2) is 0 Å². The minimum atomic E-state index is 0.563. The fourth-order valence-corrected chi connectivity index (χ4v) is 2.67. The fourth-order valence-electron chi connectivity index (χ4n) is 2.50. The number of aryl methyl sites for hydroxylation is 3. The second-order valence-corrected chi connectivity index (χ2v) is 5.01. The van der Waals surface area contributed by atoms with E-state index in [-0.39, 0.29) is 0 Å². The molecule has 3 rings (SSSR count). The van der Waals surface area contributed by atoms with Crippen LogP contribution in [0, 0.1) is 0 Å². The molecule has 0 amide bonds. The van der Waals surface area contributed by atoms with Gasteiger partial charge in [0.25, 0.3) is 0 Å². The van der Waals surface area contributed by atoms with Crippen molar-refractivity contribution in [2.24, 2.45) is 0 Å². The monoisotopic (exact) mass is 258 g/mol. The lowest BCUT2D eigenvalue weighted by atomic mass is 10.0. The highest BCUT2D eigenvalue weighted by atomic mass is 35.5. The third-order valence-electron chi connectivity index (χ3n) is 3.42. The number of aromatic nitrogens is 2. The van der Waals surface area contributed by atoms with Gasteiger partial charge >= 0.3 is 0 Å². The molecule has 92 valence electrons. The van der Waals surface area contributed by atoms with E-state index in [0.717, 1.165) is 17.9 Å². The maximum absolute atomic E-state index is 5.73. The van der Waals surface area contributed by atoms with Gasteiger partial charge in [0.05, 0.1) is 5.69 Å². The Bertz CT molecular complexity index is 566. The van der Waals surface area contributed by atoms with Crippen LogP contribution in [0.3, 0.4) is 0 Å². The minimum Gasteiger partial charge on any atom is -0.241 e. The lowest BCUT2D eigenvalue weighted by molar-refractivity contribution is 0.911. The van der Waals surface area contributed by atoms with E-state index in [1.54, 1.807) is 0 Å². The molecule has 18 heavy (non-hydrogen) atoms. The molecule has 0 fully saturated rings. The van der Waals surface area contributed by atoms with Gasteiger partial charge in [0.1, 0.15) is 5.82 Å². The SMILES string of the molecule is ClCCc1nccc(-c2ccc3c(c2)CCC3)n1. The van der Waals surface area contributed by atoms with Gasteiger partial charge in [-0.25, -0.2) is 9.97 Å². The number of hydrogen-bond donors (Lipinski definition) is 0. The first kappa shape index (κ1) is 11.7. The molecule has 2 aromatic rings. The van der Waals surface area contributed by atoms with Crippen LogP contribution < -0.4 is 0 Å². The normalized spacial score (nSPS) is 13.6. The van der Waals surface area contributed by atoms with Crippen molar-refractivity contribution in [3.63, 3.8) is 0 Å². The topological polar surface area (TPSA) is 25.8 Å². The Morgan fingerprint density at radius 3 is 2.89 bits per heavy atom. The summed E-state index contributed by atoms with van der Waals surface area (Å²) in [6, 6.07) is 8.64. The van der Waals surface area contributed by atoms with Gasteiger partial charge in [0.2, 0.25) is 0 Å². The molecule has 0 N–H and O–H groups in total. The average molecular weight is 259 g/mol. The highest BCUT2D eigenvalue weighted by Gasteiger charge is 2.12. The molecule has 0 atom stereocenters. The van der Waals surface area contributed by atoms with Gasteiger partial charge in [-0.2, -0.15) is 0 Å². The summed E-state index contributed by atoms with van der Waals surface area (Å²) in [7, 11) is 0.